The molecule has 0 aliphatic carbocycles. The van der Waals surface area contributed by atoms with E-state index in [2.05, 4.69) is 10.3 Å². The standard InChI is InChI=1S/C16H20Cl2N2O2/c1-9(2)20-13(21)6-4-5-10-8-19-16-11(10)7-12(22-3)14(17)15(16)18/h7-9,19H,4-6H2,1-3H3,(H,20,21). The Morgan fingerprint density at radius 3 is 2.73 bits per heavy atom. The Labute approximate surface area is 140 Å². The van der Waals surface area contributed by atoms with Crippen molar-refractivity contribution < 1.29 is 9.53 Å². The number of nitrogens with one attached hydrogen (secondary N) is 2. The molecule has 120 valence electrons. The van der Waals surface area contributed by atoms with Crippen LogP contribution >= 0.6 is 23.2 Å². The van der Waals surface area contributed by atoms with Crippen LogP contribution in [0.3, 0.4) is 0 Å². The number of aromatic nitrogens is 1. The fourth-order valence-corrected chi connectivity index (χ4v) is 2.90. The summed E-state index contributed by atoms with van der Waals surface area (Å²) in [7, 11) is 1.56. The molecule has 2 N–H and O–H groups in total. The van der Waals surface area contributed by atoms with Crippen LogP contribution in [0.2, 0.25) is 10.0 Å². The van der Waals surface area contributed by atoms with Gasteiger partial charge in [0, 0.05) is 24.0 Å². The fraction of sp³-hybridized carbons (Fsp3) is 0.438. The summed E-state index contributed by atoms with van der Waals surface area (Å²) in [4.78, 5) is 14.8. The highest BCUT2D eigenvalue weighted by Gasteiger charge is 2.15. The quantitative estimate of drug-likeness (QED) is 0.820. The Hall–Kier alpha value is -1.39. The lowest BCUT2D eigenvalue weighted by Crippen LogP contribution is -2.29. The van der Waals surface area contributed by atoms with Gasteiger partial charge in [-0.25, -0.2) is 0 Å². The number of ether oxygens (including phenoxy) is 1. The van der Waals surface area contributed by atoms with E-state index in [-0.39, 0.29) is 11.9 Å². The lowest BCUT2D eigenvalue weighted by Gasteiger charge is -2.08. The minimum atomic E-state index is 0.0773. The van der Waals surface area contributed by atoms with Crippen LogP contribution in [0.4, 0.5) is 0 Å². The largest absolute Gasteiger partial charge is 0.495 e. The molecule has 0 bridgehead atoms. The van der Waals surface area contributed by atoms with Gasteiger partial charge in [-0.3, -0.25) is 4.79 Å². The monoisotopic (exact) mass is 342 g/mol. The van der Waals surface area contributed by atoms with Gasteiger partial charge < -0.3 is 15.0 Å². The number of hydrogen-bond donors (Lipinski definition) is 2. The summed E-state index contributed by atoms with van der Waals surface area (Å²) in [5.74, 6) is 0.631. The van der Waals surface area contributed by atoms with Crippen molar-refractivity contribution in [3.05, 3.63) is 27.9 Å². The van der Waals surface area contributed by atoms with Gasteiger partial charge in [0.25, 0.3) is 0 Å². The number of H-pyrrole nitrogens is 1. The average Bonchev–Trinajstić information content (AvgIpc) is 2.85. The van der Waals surface area contributed by atoms with Crippen LogP contribution in [0, 0.1) is 0 Å². The van der Waals surface area contributed by atoms with Gasteiger partial charge in [-0.1, -0.05) is 23.2 Å². The number of aryl methyl sites for hydroxylation is 1. The van der Waals surface area contributed by atoms with Crippen LogP contribution in [0.25, 0.3) is 10.9 Å². The normalized spacial score (nSPS) is 11.2. The summed E-state index contributed by atoms with van der Waals surface area (Å²) in [5.41, 5.74) is 1.90. The van der Waals surface area contributed by atoms with Crippen molar-refractivity contribution in [3.8, 4) is 5.75 Å². The smallest absolute Gasteiger partial charge is 0.220 e. The molecule has 0 aliphatic heterocycles. The molecule has 1 aromatic heterocycles. The van der Waals surface area contributed by atoms with Crippen LogP contribution < -0.4 is 10.1 Å². The minimum Gasteiger partial charge on any atom is -0.495 e. The Morgan fingerprint density at radius 1 is 1.36 bits per heavy atom. The van der Waals surface area contributed by atoms with Gasteiger partial charge in [-0.15, -0.1) is 0 Å². The molecule has 2 aromatic rings. The second-order valence-electron chi connectivity index (χ2n) is 5.52. The number of amides is 1. The lowest BCUT2D eigenvalue weighted by atomic mass is 10.1. The molecule has 0 atom stereocenters. The van der Waals surface area contributed by atoms with Gasteiger partial charge in [-0.05, 0) is 38.3 Å². The predicted molar refractivity (Wildman–Crippen MR) is 91.1 cm³/mol. The summed E-state index contributed by atoms with van der Waals surface area (Å²) < 4.78 is 5.25. The molecule has 1 aromatic carbocycles. The lowest BCUT2D eigenvalue weighted by molar-refractivity contribution is -0.121. The number of benzene rings is 1. The van der Waals surface area contributed by atoms with E-state index < -0.39 is 0 Å². The maximum absolute atomic E-state index is 11.7. The first kappa shape index (κ1) is 17.0. The SMILES string of the molecule is COc1cc2c(CCCC(=O)NC(C)C)c[nH]c2c(Cl)c1Cl. The van der Waals surface area contributed by atoms with E-state index in [9.17, 15) is 4.79 Å². The summed E-state index contributed by atoms with van der Waals surface area (Å²) >= 11 is 12.4. The van der Waals surface area contributed by atoms with Crippen molar-refractivity contribution in [2.75, 3.05) is 7.11 Å². The van der Waals surface area contributed by atoms with E-state index in [1.165, 1.54) is 0 Å². The summed E-state index contributed by atoms with van der Waals surface area (Å²) in [6.45, 7) is 3.91. The first-order chi connectivity index (χ1) is 10.4. The van der Waals surface area contributed by atoms with Crippen molar-refractivity contribution >= 4 is 40.0 Å². The van der Waals surface area contributed by atoms with Crippen LogP contribution in [-0.2, 0) is 11.2 Å². The van der Waals surface area contributed by atoms with Crippen molar-refractivity contribution in [1.29, 1.82) is 0 Å². The first-order valence-corrected chi connectivity index (χ1v) is 8.01. The van der Waals surface area contributed by atoms with Crippen LogP contribution in [0.15, 0.2) is 12.3 Å². The van der Waals surface area contributed by atoms with Crippen molar-refractivity contribution in [1.82, 2.24) is 10.3 Å². The molecular formula is C16H20Cl2N2O2. The van der Waals surface area contributed by atoms with Crippen molar-refractivity contribution in [2.24, 2.45) is 0 Å². The van der Waals surface area contributed by atoms with E-state index in [1.54, 1.807) is 7.11 Å². The molecule has 0 aliphatic rings. The molecule has 6 heteroatoms. The van der Waals surface area contributed by atoms with E-state index in [0.29, 0.717) is 22.2 Å². The number of halogens is 2. The zero-order valence-electron chi connectivity index (χ0n) is 12.9. The Bertz CT molecular complexity index is 680. The van der Waals surface area contributed by atoms with Crippen molar-refractivity contribution in [2.45, 2.75) is 39.2 Å². The average molecular weight is 343 g/mol. The molecule has 0 radical (unpaired) electrons. The van der Waals surface area contributed by atoms with Gasteiger partial charge in [0.05, 0.1) is 17.6 Å². The van der Waals surface area contributed by atoms with Gasteiger partial charge >= 0.3 is 0 Å². The number of aromatic amines is 1. The Kier molecular flexibility index (Phi) is 5.59. The van der Waals surface area contributed by atoms with Gasteiger partial charge in [0.1, 0.15) is 10.8 Å². The third-order valence-electron chi connectivity index (χ3n) is 3.43. The predicted octanol–water partition coefficient (Wildman–Crippen LogP) is 4.33. The van der Waals surface area contributed by atoms with E-state index in [1.807, 2.05) is 26.1 Å². The van der Waals surface area contributed by atoms with Crippen molar-refractivity contribution in [3.63, 3.8) is 0 Å². The zero-order chi connectivity index (χ0) is 16.3. The highest BCUT2D eigenvalue weighted by atomic mass is 35.5. The number of fused-ring (bicyclic) bond motifs is 1. The maximum Gasteiger partial charge on any atom is 0.220 e. The van der Waals surface area contributed by atoms with Crippen LogP contribution in [-0.4, -0.2) is 24.0 Å². The molecular weight excluding hydrogens is 323 g/mol. The molecule has 1 amide bonds. The van der Waals surface area contributed by atoms with Crippen LogP contribution in [0.5, 0.6) is 5.75 Å². The zero-order valence-corrected chi connectivity index (χ0v) is 14.4. The molecule has 0 spiro atoms. The third-order valence-corrected chi connectivity index (χ3v) is 4.28. The Balaban J connectivity index is 2.12. The van der Waals surface area contributed by atoms with E-state index >= 15 is 0 Å². The summed E-state index contributed by atoms with van der Waals surface area (Å²) in [6, 6.07) is 2.05. The molecule has 4 nitrogen and oxygen atoms in total. The fourth-order valence-electron chi connectivity index (χ4n) is 2.42. The molecule has 1 heterocycles. The second kappa shape index (κ2) is 7.25. The maximum atomic E-state index is 11.7. The van der Waals surface area contributed by atoms with Gasteiger partial charge in [0.2, 0.25) is 5.91 Å². The number of methoxy groups -OCH3 is 1. The first-order valence-electron chi connectivity index (χ1n) is 7.25. The molecule has 0 saturated carbocycles. The molecule has 22 heavy (non-hydrogen) atoms. The van der Waals surface area contributed by atoms with E-state index in [0.717, 1.165) is 29.3 Å². The summed E-state index contributed by atoms with van der Waals surface area (Å²) in [6.07, 6.45) is 3.97. The molecule has 2 rings (SSSR count). The van der Waals surface area contributed by atoms with E-state index in [4.69, 9.17) is 27.9 Å². The highest BCUT2D eigenvalue weighted by Crippen LogP contribution is 2.39. The van der Waals surface area contributed by atoms with Crippen LogP contribution in [0.1, 0.15) is 32.3 Å². The number of hydrogen-bond acceptors (Lipinski definition) is 2. The number of rotatable bonds is 6. The summed E-state index contributed by atoms with van der Waals surface area (Å²) in [5, 5.41) is 4.73. The minimum absolute atomic E-state index is 0.0773. The molecule has 0 unspecified atom stereocenters. The van der Waals surface area contributed by atoms with Gasteiger partial charge in [0.15, 0.2) is 0 Å². The second-order valence-corrected chi connectivity index (χ2v) is 6.27. The third kappa shape index (κ3) is 3.68. The van der Waals surface area contributed by atoms with Gasteiger partial charge in [-0.2, -0.15) is 0 Å². The topological polar surface area (TPSA) is 54.1 Å². The molecule has 0 saturated heterocycles. The number of carbonyl (C=O) groups is 1. The number of carbonyl (C=O) groups excluding carboxylic acids is 1. The molecule has 0 fully saturated rings. The Morgan fingerprint density at radius 2 is 2.09 bits per heavy atom. The highest BCUT2D eigenvalue weighted by molar-refractivity contribution is 6.46.